The van der Waals surface area contributed by atoms with Crippen molar-refractivity contribution in [3.63, 3.8) is 0 Å². The molecule has 1 unspecified atom stereocenters. The Labute approximate surface area is 301 Å². The Hall–Kier alpha value is -3.24. The van der Waals surface area contributed by atoms with Crippen molar-refractivity contribution in [2.75, 3.05) is 18.9 Å². The minimum absolute atomic E-state index is 0.122. The molecule has 0 saturated heterocycles. The Morgan fingerprint density at radius 3 is 2.02 bits per heavy atom. The van der Waals surface area contributed by atoms with Crippen molar-refractivity contribution in [3.8, 4) is 5.88 Å². The number of unbranched alkanes of at least 4 members (excludes halogenated alkanes) is 17. The maximum atomic E-state index is 12.3. The van der Waals surface area contributed by atoms with Crippen LogP contribution in [-0.4, -0.2) is 45.1 Å². The number of aromatic nitrogens is 4. The maximum absolute atomic E-state index is 12.3. The summed E-state index contributed by atoms with van der Waals surface area (Å²) in [5.41, 5.74) is 14.7. The normalized spacial score (nSPS) is 12.0. The number of nitrogen functional groups attached to an aromatic ring is 1. The lowest BCUT2D eigenvalue weighted by atomic mass is 10.0. The summed E-state index contributed by atoms with van der Waals surface area (Å²) in [5, 5.41) is 3.05. The number of nitrogens with two attached hydrogens (primary N) is 2. The number of ether oxygens (including phenoxy) is 2. The first kappa shape index (κ1) is 41.2. The second kappa shape index (κ2) is 26.6. The fraction of sp³-hybridized carbons (Fsp3) is 0.700. The highest BCUT2D eigenvalue weighted by Gasteiger charge is 2.11. The van der Waals surface area contributed by atoms with E-state index in [9.17, 15) is 4.79 Å². The Morgan fingerprint density at radius 2 is 1.38 bits per heavy atom. The molecule has 50 heavy (non-hydrogen) atoms. The van der Waals surface area contributed by atoms with Gasteiger partial charge in [-0.1, -0.05) is 140 Å². The number of aromatic amines is 1. The van der Waals surface area contributed by atoms with Crippen LogP contribution in [0.4, 0.5) is 5.95 Å². The Balaban J connectivity index is 1.07. The third-order valence-electron chi connectivity index (χ3n) is 9.43. The van der Waals surface area contributed by atoms with Crippen LogP contribution in [-0.2, 0) is 22.7 Å². The van der Waals surface area contributed by atoms with Crippen molar-refractivity contribution >= 4 is 23.0 Å². The minimum Gasteiger partial charge on any atom is -0.471 e. The second-order valence-electron chi connectivity index (χ2n) is 13.8. The predicted molar refractivity (Wildman–Crippen MR) is 205 cm³/mol. The van der Waals surface area contributed by atoms with E-state index in [2.05, 4.69) is 32.2 Å². The zero-order valence-electron chi connectivity index (χ0n) is 31.1. The molecule has 1 amide bonds. The van der Waals surface area contributed by atoms with E-state index in [0.717, 1.165) is 43.5 Å². The van der Waals surface area contributed by atoms with Gasteiger partial charge in [0, 0.05) is 19.6 Å². The molecule has 280 valence electrons. The van der Waals surface area contributed by atoms with Crippen molar-refractivity contribution in [2.24, 2.45) is 5.73 Å². The molecule has 2 heterocycles. The molecule has 0 radical (unpaired) electrons. The molecule has 3 aromatic rings. The number of carbonyl (C=O) groups excluding carboxylic acids is 1. The summed E-state index contributed by atoms with van der Waals surface area (Å²) < 4.78 is 12.0. The van der Waals surface area contributed by atoms with E-state index in [0.29, 0.717) is 42.7 Å². The second-order valence-corrected chi connectivity index (χ2v) is 13.8. The Kier molecular flexibility index (Phi) is 21.9. The van der Waals surface area contributed by atoms with Crippen LogP contribution in [0.15, 0.2) is 30.6 Å². The molecular formula is C40H67N7O3. The molecule has 0 bridgehead atoms. The molecule has 0 aliphatic rings. The van der Waals surface area contributed by atoms with Gasteiger partial charge in [-0.3, -0.25) is 4.79 Å². The van der Waals surface area contributed by atoms with Crippen molar-refractivity contribution < 1.29 is 14.3 Å². The Bertz CT molecular complexity index is 1280. The standard InChI is InChI=1S/C40H67N7O3/c1-2-3-4-20-29-49-35(27-28-41)21-18-16-14-12-10-8-6-5-7-9-11-13-15-17-19-22-36(48)43-30-33-23-25-34(26-24-33)31-50-39-37-38(45-32-44-37)46-40(42)47-39/h23-26,32,35H,2-22,27-31,41H2,1H3,(H,43,48)(H3,42,44,45,46,47). The van der Waals surface area contributed by atoms with E-state index in [-0.39, 0.29) is 11.9 Å². The molecule has 0 fully saturated rings. The summed E-state index contributed by atoms with van der Waals surface area (Å²) in [5.74, 6) is 0.622. The first-order valence-electron chi connectivity index (χ1n) is 19.8. The third kappa shape index (κ3) is 18.1. The van der Waals surface area contributed by atoms with Crippen LogP contribution in [0.1, 0.15) is 159 Å². The fourth-order valence-corrected chi connectivity index (χ4v) is 6.35. The van der Waals surface area contributed by atoms with E-state index in [1.165, 1.54) is 122 Å². The number of imidazole rings is 1. The number of nitrogens with zero attached hydrogens (tertiary/aromatic N) is 3. The number of amides is 1. The van der Waals surface area contributed by atoms with Crippen LogP contribution in [0.3, 0.4) is 0 Å². The molecule has 10 nitrogen and oxygen atoms in total. The van der Waals surface area contributed by atoms with E-state index < -0.39 is 0 Å². The lowest BCUT2D eigenvalue weighted by molar-refractivity contribution is -0.121. The lowest BCUT2D eigenvalue weighted by Gasteiger charge is -2.17. The van der Waals surface area contributed by atoms with Gasteiger partial charge in [-0.05, 0) is 43.4 Å². The highest BCUT2D eigenvalue weighted by atomic mass is 16.5. The summed E-state index contributed by atoms with van der Waals surface area (Å²) in [7, 11) is 0. The quantitative estimate of drug-likeness (QED) is 0.0487. The number of carbonyl (C=O) groups is 1. The van der Waals surface area contributed by atoms with Gasteiger partial charge in [0.05, 0.1) is 12.4 Å². The number of hydrogen-bond donors (Lipinski definition) is 4. The van der Waals surface area contributed by atoms with Crippen LogP contribution in [0, 0.1) is 0 Å². The third-order valence-corrected chi connectivity index (χ3v) is 9.43. The van der Waals surface area contributed by atoms with E-state index in [4.69, 9.17) is 20.9 Å². The monoisotopic (exact) mass is 694 g/mol. The molecule has 3 rings (SSSR count). The highest BCUT2D eigenvalue weighted by Crippen LogP contribution is 2.21. The number of hydrogen-bond acceptors (Lipinski definition) is 8. The van der Waals surface area contributed by atoms with Gasteiger partial charge in [-0.25, -0.2) is 4.98 Å². The predicted octanol–water partition coefficient (Wildman–Crippen LogP) is 9.08. The van der Waals surface area contributed by atoms with Crippen LogP contribution in [0.25, 0.3) is 11.2 Å². The van der Waals surface area contributed by atoms with Crippen LogP contribution < -0.4 is 21.5 Å². The zero-order chi connectivity index (χ0) is 35.5. The van der Waals surface area contributed by atoms with Crippen molar-refractivity contribution in [1.29, 1.82) is 0 Å². The van der Waals surface area contributed by atoms with Crippen LogP contribution in [0.2, 0.25) is 0 Å². The SMILES string of the molecule is CCCCCCOC(CCN)CCCCCCCCCCCCCCCCCC(=O)NCc1ccc(COc2nc(N)nc3nc[nH]c23)cc1. The molecule has 10 heteroatoms. The van der Waals surface area contributed by atoms with Gasteiger partial charge in [-0.15, -0.1) is 0 Å². The largest absolute Gasteiger partial charge is 0.471 e. The number of fused-ring (bicyclic) bond motifs is 1. The number of nitrogens with one attached hydrogen (secondary N) is 2. The molecule has 0 aliphatic heterocycles. The van der Waals surface area contributed by atoms with Gasteiger partial charge in [0.15, 0.2) is 5.65 Å². The van der Waals surface area contributed by atoms with Crippen molar-refractivity contribution in [3.05, 3.63) is 41.7 Å². The van der Waals surface area contributed by atoms with Crippen molar-refractivity contribution in [2.45, 2.75) is 167 Å². The average Bonchev–Trinajstić information content (AvgIpc) is 3.60. The highest BCUT2D eigenvalue weighted by molar-refractivity contribution is 5.76. The summed E-state index contributed by atoms with van der Waals surface area (Å²) in [6.45, 7) is 4.76. The fourth-order valence-electron chi connectivity index (χ4n) is 6.35. The summed E-state index contributed by atoms with van der Waals surface area (Å²) in [6.07, 6.45) is 29.3. The molecule has 0 saturated carbocycles. The molecule has 0 spiro atoms. The van der Waals surface area contributed by atoms with E-state index in [1.54, 1.807) is 0 Å². The maximum Gasteiger partial charge on any atom is 0.245 e. The van der Waals surface area contributed by atoms with E-state index in [1.807, 2.05) is 24.3 Å². The summed E-state index contributed by atoms with van der Waals surface area (Å²) in [6, 6.07) is 8.00. The molecular weight excluding hydrogens is 626 g/mol. The smallest absolute Gasteiger partial charge is 0.245 e. The van der Waals surface area contributed by atoms with Gasteiger partial charge < -0.3 is 31.2 Å². The first-order valence-corrected chi connectivity index (χ1v) is 19.8. The molecule has 6 N–H and O–H groups in total. The minimum atomic E-state index is 0.122. The van der Waals surface area contributed by atoms with Gasteiger partial charge in [0.25, 0.3) is 0 Å². The number of benzene rings is 1. The average molecular weight is 694 g/mol. The number of rotatable bonds is 31. The topological polar surface area (TPSA) is 154 Å². The number of anilines is 1. The lowest BCUT2D eigenvalue weighted by Crippen LogP contribution is -2.22. The van der Waals surface area contributed by atoms with Crippen molar-refractivity contribution in [1.82, 2.24) is 25.3 Å². The van der Waals surface area contributed by atoms with Crippen LogP contribution >= 0.6 is 0 Å². The zero-order valence-corrected chi connectivity index (χ0v) is 31.1. The number of H-pyrrole nitrogens is 1. The summed E-state index contributed by atoms with van der Waals surface area (Å²) >= 11 is 0. The van der Waals surface area contributed by atoms with Gasteiger partial charge in [-0.2, -0.15) is 9.97 Å². The van der Waals surface area contributed by atoms with Gasteiger partial charge >= 0.3 is 0 Å². The molecule has 1 aromatic carbocycles. The molecule has 0 aliphatic carbocycles. The molecule has 1 atom stereocenters. The first-order chi connectivity index (χ1) is 24.6. The van der Waals surface area contributed by atoms with E-state index >= 15 is 0 Å². The van der Waals surface area contributed by atoms with Gasteiger partial charge in [0.1, 0.15) is 12.1 Å². The molecule has 2 aromatic heterocycles. The van der Waals surface area contributed by atoms with Crippen LogP contribution in [0.5, 0.6) is 5.88 Å². The van der Waals surface area contributed by atoms with Gasteiger partial charge in [0.2, 0.25) is 17.7 Å². The Morgan fingerprint density at radius 1 is 0.780 bits per heavy atom. The summed E-state index contributed by atoms with van der Waals surface area (Å²) in [4.78, 5) is 27.7.